The summed E-state index contributed by atoms with van der Waals surface area (Å²) in [4.78, 5) is 10.1. The van der Waals surface area contributed by atoms with Gasteiger partial charge in [-0.25, -0.2) is 0 Å². The van der Waals surface area contributed by atoms with Crippen LogP contribution in [-0.2, 0) is 21.4 Å². The van der Waals surface area contributed by atoms with Crippen LogP contribution in [0.2, 0.25) is 0 Å². The van der Waals surface area contributed by atoms with E-state index >= 15 is 0 Å². The molecule has 1 aromatic rings. The summed E-state index contributed by atoms with van der Waals surface area (Å²) >= 11 is 0. The van der Waals surface area contributed by atoms with E-state index in [1.807, 2.05) is 0 Å². The summed E-state index contributed by atoms with van der Waals surface area (Å²) in [5.41, 5.74) is -2.80. The minimum Gasteiger partial charge on any atom is -0.303 e. The second-order valence-corrected chi connectivity index (χ2v) is 3.78. The number of rotatable bonds is 5. The molecule has 0 heterocycles. The van der Waals surface area contributed by atoms with Gasteiger partial charge >= 0.3 is 5.66 Å². The maximum atomic E-state index is 12.9. The van der Waals surface area contributed by atoms with E-state index in [0.717, 1.165) is 11.8 Å². The van der Waals surface area contributed by atoms with Gasteiger partial charge in [0, 0.05) is 12.0 Å². The lowest BCUT2D eigenvalue weighted by Gasteiger charge is -2.08. The third-order valence-electron chi connectivity index (χ3n) is 1.97. The number of hydrogen-bond acceptors (Lipinski definition) is 2. The minimum atomic E-state index is -3.33. The van der Waals surface area contributed by atoms with Gasteiger partial charge in [0.1, 0.15) is 6.29 Å². The van der Waals surface area contributed by atoms with Gasteiger partial charge in [-0.3, -0.25) is 4.57 Å². The molecule has 0 aromatic heterocycles. The highest BCUT2D eigenvalue weighted by molar-refractivity contribution is 7.24. The van der Waals surface area contributed by atoms with E-state index in [1.54, 1.807) is 0 Å². The number of alkyl halides is 2. The van der Waals surface area contributed by atoms with Crippen molar-refractivity contribution >= 4 is 14.7 Å². The highest BCUT2D eigenvalue weighted by Crippen LogP contribution is 2.38. The van der Waals surface area contributed by atoms with Crippen LogP contribution in [-0.4, -0.2) is 6.29 Å². The van der Waals surface area contributed by atoms with Crippen LogP contribution in [0, 0.1) is 0 Å². The molecule has 0 atom stereocenters. The Morgan fingerprint density at radius 3 is 2.33 bits per heavy atom. The molecule has 1 aromatic carbocycles. The topological polar surface area (TPSA) is 34.1 Å². The number of carbonyl (C=O) groups excluding carboxylic acids is 1. The summed E-state index contributed by atoms with van der Waals surface area (Å²) in [6.45, 7) is 0. The predicted molar refractivity (Wildman–Crippen MR) is 52.3 cm³/mol. The zero-order valence-electron chi connectivity index (χ0n) is 7.82. The van der Waals surface area contributed by atoms with Crippen molar-refractivity contribution in [2.75, 3.05) is 0 Å². The van der Waals surface area contributed by atoms with E-state index in [9.17, 15) is 18.1 Å². The summed E-state index contributed by atoms with van der Waals surface area (Å²) in [6.07, 6.45) is 1.68. The SMILES string of the molecule is O=CCCc1ccc(C(F)(F)P=O)cc1. The van der Waals surface area contributed by atoms with Crippen molar-refractivity contribution in [2.45, 2.75) is 18.5 Å². The average Bonchev–Trinajstić information content (AvgIpc) is 2.27. The van der Waals surface area contributed by atoms with E-state index in [1.165, 1.54) is 24.3 Å². The lowest BCUT2D eigenvalue weighted by atomic mass is 10.1. The maximum absolute atomic E-state index is 12.9. The Morgan fingerprint density at radius 1 is 1.27 bits per heavy atom. The van der Waals surface area contributed by atoms with Gasteiger partial charge in [0.05, 0.1) is 0 Å². The fourth-order valence-electron chi connectivity index (χ4n) is 1.15. The summed E-state index contributed by atoms with van der Waals surface area (Å²) in [6, 6.07) is 5.48. The summed E-state index contributed by atoms with van der Waals surface area (Å²) < 4.78 is 36.0. The van der Waals surface area contributed by atoms with Crippen molar-refractivity contribution in [1.29, 1.82) is 0 Å². The maximum Gasteiger partial charge on any atom is 0.350 e. The molecule has 0 bridgehead atoms. The smallest absolute Gasteiger partial charge is 0.303 e. The van der Waals surface area contributed by atoms with E-state index in [-0.39, 0.29) is 5.56 Å². The molecule has 0 unspecified atom stereocenters. The molecule has 0 aliphatic carbocycles. The Morgan fingerprint density at radius 2 is 1.87 bits per heavy atom. The van der Waals surface area contributed by atoms with Crippen LogP contribution in [0.15, 0.2) is 24.3 Å². The number of aryl methyl sites for hydroxylation is 1. The van der Waals surface area contributed by atoms with Crippen molar-refractivity contribution in [1.82, 2.24) is 0 Å². The van der Waals surface area contributed by atoms with Crippen LogP contribution >= 0.6 is 8.46 Å². The molecule has 5 heteroatoms. The molecule has 0 saturated heterocycles. The van der Waals surface area contributed by atoms with Gasteiger partial charge in [-0.1, -0.05) is 24.3 Å². The number of carbonyl (C=O) groups is 1. The standard InChI is InChI=1S/C10H9F2O2P/c11-10(12,15-14)9-5-3-8(4-6-9)2-1-7-13/h3-7H,1-2H2. The van der Waals surface area contributed by atoms with Crippen LogP contribution in [0.3, 0.4) is 0 Å². The van der Waals surface area contributed by atoms with Crippen LogP contribution in [0.25, 0.3) is 0 Å². The van der Waals surface area contributed by atoms with Gasteiger partial charge in [-0.15, -0.1) is 0 Å². The Bertz CT molecular complexity index is 349. The van der Waals surface area contributed by atoms with Crippen LogP contribution < -0.4 is 0 Å². The van der Waals surface area contributed by atoms with Crippen molar-refractivity contribution in [3.05, 3.63) is 35.4 Å². The Balaban J connectivity index is 2.80. The molecular formula is C10H9F2O2P. The number of halogens is 2. The van der Waals surface area contributed by atoms with Crippen molar-refractivity contribution in [3.8, 4) is 0 Å². The van der Waals surface area contributed by atoms with Crippen molar-refractivity contribution < 1.29 is 18.1 Å². The first-order valence-corrected chi connectivity index (χ1v) is 5.17. The average molecular weight is 230 g/mol. The zero-order valence-corrected chi connectivity index (χ0v) is 8.72. The quantitative estimate of drug-likeness (QED) is 0.575. The third-order valence-corrected chi connectivity index (χ3v) is 2.45. The molecule has 1 rings (SSSR count). The van der Waals surface area contributed by atoms with Gasteiger partial charge in [0.15, 0.2) is 0 Å². The van der Waals surface area contributed by atoms with E-state index < -0.39 is 14.1 Å². The second-order valence-electron chi connectivity index (χ2n) is 3.03. The number of aldehydes is 1. The molecule has 2 nitrogen and oxygen atoms in total. The van der Waals surface area contributed by atoms with E-state index in [0.29, 0.717) is 12.8 Å². The first kappa shape index (κ1) is 11.9. The van der Waals surface area contributed by atoms with Crippen LogP contribution in [0.5, 0.6) is 0 Å². The first-order chi connectivity index (χ1) is 7.10. The number of hydrogen-bond donors (Lipinski definition) is 0. The molecule has 0 spiro atoms. The summed E-state index contributed by atoms with van der Waals surface area (Å²) in [5.74, 6) is 0. The first-order valence-electron chi connectivity index (χ1n) is 4.35. The number of benzene rings is 1. The van der Waals surface area contributed by atoms with Gasteiger partial charge in [0.25, 0.3) is 0 Å². The molecule has 15 heavy (non-hydrogen) atoms. The fraction of sp³-hybridized carbons (Fsp3) is 0.300. The summed E-state index contributed by atoms with van der Waals surface area (Å²) in [7, 11) is -1.21. The van der Waals surface area contributed by atoms with Gasteiger partial charge in [-0.05, 0) is 12.0 Å². The van der Waals surface area contributed by atoms with Crippen LogP contribution in [0.4, 0.5) is 8.78 Å². The molecule has 0 saturated carbocycles. The minimum absolute atomic E-state index is 0.283. The highest BCUT2D eigenvalue weighted by Gasteiger charge is 2.31. The van der Waals surface area contributed by atoms with E-state index in [2.05, 4.69) is 0 Å². The van der Waals surface area contributed by atoms with Gasteiger partial charge in [-0.2, -0.15) is 8.78 Å². The predicted octanol–water partition coefficient (Wildman–Crippen LogP) is 3.16. The molecule has 0 aliphatic heterocycles. The molecule has 0 aliphatic rings. The van der Waals surface area contributed by atoms with Gasteiger partial charge < -0.3 is 4.79 Å². The largest absolute Gasteiger partial charge is 0.350 e. The summed E-state index contributed by atoms with van der Waals surface area (Å²) in [5, 5.41) is 0. The molecule has 0 N–H and O–H groups in total. The fourth-order valence-corrected chi connectivity index (χ4v) is 1.40. The van der Waals surface area contributed by atoms with Gasteiger partial charge in [0.2, 0.25) is 8.46 Å². The zero-order chi connectivity index (χ0) is 11.3. The van der Waals surface area contributed by atoms with Crippen molar-refractivity contribution in [2.24, 2.45) is 0 Å². The Labute approximate surface area is 87.5 Å². The molecule has 80 valence electrons. The van der Waals surface area contributed by atoms with Crippen molar-refractivity contribution in [3.63, 3.8) is 0 Å². The normalized spacial score (nSPS) is 11.6. The second kappa shape index (κ2) is 5.08. The Hall–Kier alpha value is -1.15. The van der Waals surface area contributed by atoms with Crippen LogP contribution in [0.1, 0.15) is 17.5 Å². The highest BCUT2D eigenvalue weighted by atomic mass is 31.1. The molecular weight excluding hydrogens is 221 g/mol. The Kier molecular flexibility index (Phi) is 4.04. The van der Waals surface area contributed by atoms with E-state index in [4.69, 9.17) is 0 Å². The lowest BCUT2D eigenvalue weighted by Crippen LogP contribution is -2.03. The lowest BCUT2D eigenvalue weighted by molar-refractivity contribution is -0.107. The third kappa shape index (κ3) is 3.17. The molecule has 0 fully saturated rings. The monoisotopic (exact) mass is 230 g/mol. The molecule has 0 amide bonds. The molecule has 0 radical (unpaired) electrons.